The van der Waals surface area contributed by atoms with E-state index in [1.165, 1.54) is 4.88 Å². The maximum absolute atomic E-state index is 12.0. The number of allylic oxidation sites excluding steroid dienone is 1. The average molecular weight is 327 g/mol. The van der Waals surface area contributed by atoms with Crippen LogP contribution in [0.5, 0.6) is 0 Å². The first-order chi connectivity index (χ1) is 8.06. The van der Waals surface area contributed by atoms with Crippen LogP contribution in [0.3, 0.4) is 0 Å². The van der Waals surface area contributed by atoms with Crippen molar-refractivity contribution >= 4 is 50.5 Å². The van der Waals surface area contributed by atoms with Gasteiger partial charge in [0.1, 0.15) is 0 Å². The summed E-state index contributed by atoms with van der Waals surface area (Å²) in [5, 5.41) is 2.00. The van der Waals surface area contributed by atoms with Crippen LogP contribution in [0.4, 0.5) is 0 Å². The maximum atomic E-state index is 12.0. The first-order valence-corrected chi connectivity index (χ1v) is 7.58. The Balaban J connectivity index is 2.17. The number of halogens is 1. The molecule has 0 bridgehead atoms. The van der Waals surface area contributed by atoms with Crippen LogP contribution in [0.25, 0.3) is 6.08 Å². The van der Waals surface area contributed by atoms with Crippen molar-refractivity contribution in [2.24, 2.45) is 0 Å². The molecule has 2 aromatic heterocycles. The van der Waals surface area contributed by atoms with Crippen molar-refractivity contribution in [3.63, 3.8) is 0 Å². The number of hydrogen-bond donors (Lipinski definition) is 0. The Morgan fingerprint density at radius 2 is 2.12 bits per heavy atom. The summed E-state index contributed by atoms with van der Waals surface area (Å²) < 4.78 is 1.05. The lowest BCUT2D eigenvalue weighted by Gasteiger charge is -1.91. The van der Waals surface area contributed by atoms with Gasteiger partial charge in [-0.05, 0) is 54.1 Å². The van der Waals surface area contributed by atoms with E-state index in [-0.39, 0.29) is 5.78 Å². The van der Waals surface area contributed by atoms with Crippen molar-refractivity contribution in [3.8, 4) is 0 Å². The molecule has 2 heterocycles. The Kier molecular flexibility index (Phi) is 3.97. The number of thiophene rings is 2. The Morgan fingerprint density at radius 3 is 2.65 bits per heavy atom. The summed E-state index contributed by atoms with van der Waals surface area (Å²) in [4.78, 5) is 15.3. The van der Waals surface area contributed by atoms with Crippen LogP contribution in [-0.2, 0) is 0 Å². The number of hydrogen-bond acceptors (Lipinski definition) is 3. The Labute approximate surface area is 117 Å². The number of rotatable bonds is 3. The standard InChI is InChI=1S/C13H11BrOS2/c1-8-5-12(9(2)17-8)13(15)4-3-11-6-10(14)7-16-11/h3-7H,1-2H3/b4-3+. The molecule has 0 atom stereocenters. The second kappa shape index (κ2) is 5.29. The van der Waals surface area contributed by atoms with Crippen LogP contribution in [0.15, 0.2) is 28.1 Å². The summed E-state index contributed by atoms with van der Waals surface area (Å²) in [6.45, 7) is 4.01. The molecule has 0 radical (unpaired) electrons. The van der Waals surface area contributed by atoms with Gasteiger partial charge in [-0.25, -0.2) is 0 Å². The van der Waals surface area contributed by atoms with Crippen molar-refractivity contribution < 1.29 is 4.79 Å². The lowest BCUT2D eigenvalue weighted by atomic mass is 10.1. The summed E-state index contributed by atoms with van der Waals surface area (Å²) in [6, 6.07) is 3.96. The second-order valence-electron chi connectivity index (χ2n) is 3.69. The Bertz CT molecular complexity index is 578. The molecule has 0 aliphatic carbocycles. The van der Waals surface area contributed by atoms with Crippen LogP contribution < -0.4 is 0 Å². The van der Waals surface area contributed by atoms with Gasteiger partial charge in [0.25, 0.3) is 0 Å². The third-order valence-electron chi connectivity index (χ3n) is 2.29. The van der Waals surface area contributed by atoms with Gasteiger partial charge >= 0.3 is 0 Å². The summed E-state index contributed by atoms with van der Waals surface area (Å²) in [5.41, 5.74) is 0.819. The molecule has 0 N–H and O–H groups in total. The van der Waals surface area contributed by atoms with Gasteiger partial charge in [-0.1, -0.05) is 0 Å². The van der Waals surface area contributed by atoms with Crippen molar-refractivity contribution in [2.45, 2.75) is 13.8 Å². The van der Waals surface area contributed by atoms with Gasteiger partial charge in [0.2, 0.25) is 0 Å². The molecule has 0 fully saturated rings. The molecule has 2 aromatic rings. The zero-order valence-corrected chi connectivity index (χ0v) is 12.7. The van der Waals surface area contributed by atoms with Crippen LogP contribution >= 0.6 is 38.6 Å². The van der Waals surface area contributed by atoms with Gasteiger partial charge in [0, 0.05) is 30.0 Å². The van der Waals surface area contributed by atoms with E-state index in [0.717, 1.165) is 19.8 Å². The van der Waals surface area contributed by atoms with Gasteiger partial charge in [-0.15, -0.1) is 22.7 Å². The topological polar surface area (TPSA) is 17.1 Å². The van der Waals surface area contributed by atoms with E-state index >= 15 is 0 Å². The van der Waals surface area contributed by atoms with Gasteiger partial charge in [0.05, 0.1) is 0 Å². The average Bonchev–Trinajstić information content (AvgIpc) is 2.81. The summed E-state index contributed by atoms with van der Waals surface area (Å²) in [7, 11) is 0. The van der Waals surface area contributed by atoms with Crippen LogP contribution in [0, 0.1) is 13.8 Å². The smallest absolute Gasteiger partial charge is 0.186 e. The van der Waals surface area contributed by atoms with E-state index in [4.69, 9.17) is 0 Å². The fourth-order valence-corrected chi connectivity index (χ4v) is 3.80. The lowest BCUT2D eigenvalue weighted by molar-refractivity contribution is 0.104. The molecule has 88 valence electrons. The Morgan fingerprint density at radius 1 is 1.35 bits per heavy atom. The van der Waals surface area contributed by atoms with E-state index in [1.54, 1.807) is 28.7 Å². The summed E-state index contributed by atoms with van der Waals surface area (Å²) in [6.07, 6.45) is 3.51. The van der Waals surface area contributed by atoms with E-state index in [9.17, 15) is 4.79 Å². The van der Waals surface area contributed by atoms with Gasteiger partial charge in [0.15, 0.2) is 5.78 Å². The molecule has 0 aromatic carbocycles. The zero-order chi connectivity index (χ0) is 12.4. The highest BCUT2D eigenvalue weighted by Gasteiger charge is 2.08. The maximum Gasteiger partial charge on any atom is 0.186 e. The van der Waals surface area contributed by atoms with Crippen molar-refractivity contribution in [2.75, 3.05) is 0 Å². The van der Waals surface area contributed by atoms with Crippen LogP contribution in [-0.4, -0.2) is 5.78 Å². The monoisotopic (exact) mass is 326 g/mol. The third kappa shape index (κ3) is 3.15. The first-order valence-electron chi connectivity index (χ1n) is 5.10. The largest absolute Gasteiger partial charge is 0.289 e. The molecule has 2 rings (SSSR count). The lowest BCUT2D eigenvalue weighted by Crippen LogP contribution is -1.93. The number of ketones is 1. The quantitative estimate of drug-likeness (QED) is 0.567. The van der Waals surface area contributed by atoms with Gasteiger partial charge in [-0.3, -0.25) is 4.79 Å². The molecular weight excluding hydrogens is 316 g/mol. The van der Waals surface area contributed by atoms with E-state index in [2.05, 4.69) is 15.9 Å². The summed E-state index contributed by atoms with van der Waals surface area (Å²) in [5.74, 6) is 0.0800. The first kappa shape index (κ1) is 12.7. The molecule has 0 unspecified atom stereocenters. The normalized spacial score (nSPS) is 11.2. The fourth-order valence-electron chi connectivity index (χ4n) is 1.54. The SMILES string of the molecule is Cc1cc(C(=O)/C=C/c2cc(Br)cs2)c(C)s1. The van der Waals surface area contributed by atoms with Crippen molar-refractivity contribution in [3.05, 3.63) is 48.3 Å². The molecule has 17 heavy (non-hydrogen) atoms. The number of carbonyl (C=O) groups is 1. The predicted octanol–water partition coefficient (Wildman–Crippen LogP) is 5.09. The van der Waals surface area contributed by atoms with E-state index in [1.807, 2.05) is 37.4 Å². The molecule has 0 spiro atoms. The minimum Gasteiger partial charge on any atom is -0.289 e. The van der Waals surface area contributed by atoms with E-state index < -0.39 is 0 Å². The van der Waals surface area contributed by atoms with Crippen molar-refractivity contribution in [1.82, 2.24) is 0 Å². The minimum absolute atomic E-state index is 0.0800. The molecule has 1 nitrogen and oxygen atoms in total. The molecule has 0 saturated carbocycles. The van der Waals surface area contributed by atoms with Crippen LogP contribution in [0.2, 0.25) is 0 Å². The molecule has 0 saturated heterocycles. The zero-order valence-electron chi connectivity index (χ0n) is 9.49. The van der Waals surface area contributed by atoms with Gasteiger partial charge in [-0.2, -0.15) is 0 Å². The predicted molar refractivity (Wildman–Crippen MR) is 79.2 cm³/mol. The van der Waals surface area contributed by atoms with E-state index in [0.29, 0.717) is 0 Å². The second-order valence-corrected chi connectivity index (χ2v) is 7.01. The number of aryl methyl sites for hydroxylation is 2. The van der Waals surface area contributed by atoms with Gasteiger partial charge < -0.3 is 0 Å². The fraction of sp³-hybridized carbons (Fsp3) is 0.154. The Hall–Kier alpha value is -0.710. The highest BCUT2D eigenvalue weighted by atomic mass is 79.9. The van der Waals surface area contributed by atoms with Crippen LogP contribution in [0.1, 0.15) is 25.0 Å². The number of carbonyl (C=O) groups excluding carboxylic acids is 1. The summed E-state index contributed by atoms with van der Waals surface area (Å²) >= 11 is 6.67. The molecule has 0 aliphatic heterocycles. The molecule has 4 heteroatoms. The molecular formula is C13H11BrOS2. The third-order valence-corrected chi connectivity index (χ3v) is 4.92. The highest BCUT2D eigenvalue weighted by Crippen LogP contribution is 2.23. The highest BCUT2D eigenvalue weighted by molar-refractivity contribution is 9.10. The molecule has 0 amide bonds. The van der Waals surface area contributed by atoms with Crippen molar-refractivity contribution in [1.29, 1.82) is 0 Å². The molecule has 0 aliphatic rings. The minimum atomic E-state index is 0.0800.